The lowest BCUT2D eigenvalue weighted by atomic mass is 9.95. The van der Waals surface area contributed by atoms with E-state index >= 15 is 0 Å². The van der Waals surface area contributed by atoms with Gasteiger partial charge in [-0.3, -0.25) is 4.79 Å². The highest BCUT2D eigenvalue weighted by Gasteiger charge is 2.14. The zero-order chi connectivity index (χ0) is 10.2. The highest BCUT2D eigenvalue weighted by Crippen LogP contribution is 2.16. The molecule has 1 fully saturated rings. The van der Waals surface area contributed by atoms with Crippen LogP contribution in [0.5, 0.6) is 0 Å². The Kier molecular flexibility index (Phi) is 5.60. The van der Waals surface area contributed by atoms with Crippen molar-refractivity contribution in [3.63, 3.8) is 0 Å². The van der Waals surface area contributed by atoms with Crippen molar-refractivity contribution in [2.24, 2.45) is 0 Å². The first kappa shape index (κ1) is 11.5. The van der Waals surface area contributed by atoms with Gasteiger partial charge in [-0.25, -0.2) is 0 Å². The Morgan fingerprint density at radius 2 is 2.00 bits per heavy atom. The fourth-order valence-corrected chi connectivity index (χ4v) is 1.90. The quantitative estimate of drug-likeness (QED) is 0.656. The largest absolute Gasteiger partial charge is 0.352 e. The summed E-state index contributed by atoms with van der Waals surface area (Å²) in [5, 5.41) is 6.19. The van der Waals surface area contributed by atoms with Crippen LogP contribution in [0.1, 0.15) is 45.4 Å². The Balaban J connectivity index is 2.06. The summed E-state index contributed by atoms with van der Waals surface area (Å²) in [6, 6.07) is 0.444. The van der Waals surface area contributed by atoms with E-state index in [-0.39, 0.29) is 5.91 Å². The van der Waals surface area contributed by atoms with Gasteiger partial charge in [0, 0.05) is 6.04 Å². The summed E-state index contributed by atoms with van der Waals surface area (Å²) in [6.45, 7) is 3.51. The van der Waals surface area contributed by atoms with Crippen LogP contribution in [0.15, 0.2) is 0 Å². The van der Waals surface area contributed by atoms with E-state index < -0.39 is 0 Å². The maximum Gasteiger partial charge on any atom is 0.234 e. The number of carbonyl (C=O) groups is 1. The molecule has 1 saturated carbocycles. The highest BCUT2D eigenvalue weighted by atomic mass is 16.1. The zero-order valence-electron chi connectivity index (χ0n) is 9.14. The van der Waals surface area contributed by atoms with Crippen molar-refractivity contribution in [3.8, 4) is 0 Å². The summed E-state index contributed by atoms with van der Waals surface area (Å²) in [4.78, 5) is 11.4. The molecular formula is C11H22N2O. The topological polar surface area (TPSA) is 41.1 Å². The van der Waals surface area contributed by atoms with Crippen molar-refractivity contribution in [2.45, 2.75) is 51.5 Å². The number of amides is 1. The molecule has 0 radical (unpaired) electrons. The summed E-state index contributed by atoms with van der Waals surface area (Å²) in [5.41, 5.74) is 0. The average Bonchev–Trinajstić information content (AvgIpc) is 2.20. The highest BCUT2D eigenvalue weighted by molar-refractivity contribution is 5.78. The first-order valence-corrected chi connectivity index (χ1v) is 5.83. The van der Waals surface area contributed by atoms with Gasteiger partial charge in [0.05, 0.1) is 6.54 Å². The third-order valence-electron chi connectivity index (χ3n) is 2.68. The SMILES string of the molecule is CCCNCC(=O)NC1CCCCC1. The van der Waals surface area contributed by atoms with Gasteiger partial charge in [0.15, 0.2) is 0 Å². The predicted octanol–water partition coefficient (Wildman–Crippen LogP) is 1.43. The normalized spacial score (nSPS) is 18.1. The van der Waals surface area contributed by atoms with Crippen LogP contribution in [0, 0.1) is 0 Å². The maximum absolute atomic E-state index is 11.4. The molecule has 3 heteroatoms. The zero-order valence-corrected chi connectivity index (χ0v) is 9.14. The second-order valence-corrected chi connectivity index (χ2v) is 4.08. The van der Waals surface area contributed by atoms with E-state index in [2.05, 4.69) is 17.6 Å². The Bertz CT molecular complexity index is 165. The van der Waals surface area contributed by atoms with Crippen LogP contribution < -0.4 is 10.6 Å². The summed E-state index contributed by atoms with van der Waals surface area (Å²) in [5.74, 6) is 0.158. The number of carbonyl (C=O) groups excluding carboxylic acids is 1. The molecule has 0 spiro atoms. The molecule has 1 aliphatic rings. The Morgan fingerprint density at radius 3 is 2.64 bits per heavy atom. The number of rotatable bonds is 5. The molecule has 1 rings (SSSR count). The first-order chi connectivity index (χ1) is 6.83. The second kappa shape index (κ2) is 6.82. The number of hydrogen-bond donors (Lipinski definition) is 2. The lowest BCUT2D eigenvalue weighted by Crippen LogP contribution is -2.41. The summed E-state index contributed by atoms with van der Waals surface area (Å²) in [7, 11) is 0. The smallest absolute Gasteiger partial charge is 0.234 e. The molecule has 0 heterocycles. The third-order valence-corrected chi connectivity index (χ3v) is 2.68. The van der Waals surface area contributed by atoms with Crippen LogP contribution in [-0.4, -0.2) is 25.0 Å². The second-order valence-electron chi connectivity index (χ2n) is 4.08. The van der Waals surface area contributed by atoms with E-state index in [1.54, 1.807) is 0 Å². The molecule has 0 aromatic rings. The molecule has 3 nitrogen and oxygen atoms in total. The molecule has 2 N–H and O–H groups in total. The van der Waals surface area contributed by atoms with Crippen molar-refractivity contribution in [3.05, 3.63) is 0 Å². The summed E-state index contributed by atoms with van der Waals surface area (Å²) >= 11 is 0. The van der Waals surface area contributed by atoms with Crippen LogP contribution in [0.25, 0.3) is 0 Å². The van der Waals surface area contributed by atoms with Gasteiger partial charge < -0.3 is 10.6 Å². The minimum absolute atomic E-state index is 0.158. The van der Waals surface area contributed by atoms with Crippen LogP contribution in [0.3, 0.4) is 0 Å². The van der Waals surface area contributed by atoms with E-state index in [1.807, 2.05) is 0 Å². The van der Waals surface area contributed by atoms with Crippen LogP contribution >= 0.6 is 0 Å². The van der Waals surface area contributed by atoms with Crippen LogP contribution in [0.4, 0.5) is 0 Å². The van der Waals surface area contributed by atoms with E-state index in [9.17, 15) is 4.79 Å². The van der Waals surface area contributed by atoms with Gasteiger partial charge >= 0.3 is 0 Å². The molecule has 0 aromatic carbocycles. The molecule has 0 aromatic heterocycles. The molecule has 0 saturated heterocycles. The standard InChI is InChI=1S/C11H22N2O/c1-2-8-12-9-11(14)13-10-6-4-3-5-7-10/h10,12H,2-9H2,1H3,(H,13,14). The van der Waals surface area contributed by atoms with Crippen LogP contribution in [-0.2, 0) is 4.79 Å². The first-order valence-electron chi connectivity index (χ1n) is 5.83. The molecule has 82 valence electrons. The van der Waals surface area contributed by atoms with Crippen molar-refractivity contribution in [2.75, 3.05) is 13.1 Å². The Labute approximate surface area is 86.6 Å². The van der Waals surface area contributed by atoms with Gasteiger partial charge in [-0.2, -0.15) is 0 Å². The fraction of sp³-hybridized carbons (Fsp3) is 0.909. The Hall–Kier alpha value is -0.570. The minimum atomic E-state index is 0.158. The predicted molar refractivity (Wildman–Crippen MR) is 58.2 cm³/mol. The van der Waals surface area contributed by atoms with Gasteiger partial charge in [-0.05, 0) is 25.8 Å². The van der Waals surface area contributed by atoms with E-state index in [0.29, 0.717) is 12.6 Å². The number of hydrogen-bond acceptors (Lipinski definition) is 2. The number of nitrogens with one attached hydrogen (secondary N) is 2. The van der Waals surface area contributed by atoms with E-state index in [1.165, 1.54) is 32.1 Å². The van der Waals surface area contributed by atoms with Crippen LogP contribution in [0.2, 0.25) is 0 Å². The maximum atomic E-state index is 11.4. The third kappa shape index (κ3) is 4.61. The molecule has 0 bridgehead atoms. The summed E-state index contributed by atoms with van der Waals surface area (Å²) < 4.78 is 0. The molecule has 0 aliphatic heterocycles. The lowest BCUT2D eigenvalue weighted by molar-refractivity contribution is -0.121. The molecule has 1 amide bonds. The minimum Gasteiger partial charge on any atom is -0.352 e. The molecule has 0 unspecified atom stereocenters. The Morgan fingerprint density at radius 1 is 1.29 bits per heavy atom. The average molecular weight is 198 g/mol. The molecule has 0 atom stereocenters. The van der Waals surface area contributed by atoms with Crippen molar-refractivity contribution < 1.29 is 4.79 Å². The monoisotopic (exact) mass is 198 g/mol. The van der Waals surface area contributed by atoms with Crippen molar-refractivity contribution >= 4 is 5.91 Å². The fourth-order valence-electron chi connectivity index (χ4n) is 1.90. The van der Waals surface area contributed by atoms with Gasteiger partial charge in [-0.15, -0.1) is 0 Å². The molecule has 1 aliphatic carbocycles. The van der Waals surface area contributed by atoms with E-state index in [4.69, 9.17) is 0 Å². The van der Waals surface area contributed by atoms with Gasteiger partial charge in [0.25, 0.3) is 0 Å². The van der Waals surface area contributed by atoms with Gasteiger partial charge in [0.2, 0.25) is 5.91 Å². The van der Waals surface area contributed by atoms with Crippen molar-refractivity contribution in [1.82, 2.24) is 10.6 Å². The van der Waals surface area contributed by atoms with E-state index in [0.717, 1.165) is 13.0 Å². The van der Waals surface area contributed by atoms with Crippen molar-refractivity contribution in [1.29, 1.82) is 0 Å². The molecule has 14 heavy (non-hydrogen) atoms. The lowest BCUT2D eigenvalue weighted by Gasteiger charge is -2.22. The molecular weight excluding hydrogens is 176 g/mol. The summed E-state index contributed by atoms with van der Waals surface area (Å²) in [6.07, 6.45) is 7.29. The van der Waals surface area contributed by atoms with Gasteiger partial charge in [-0.1, -0.05) is 26.2 Å². The van der Waals surface area contributed by atoms with Gasteiger partial charge in [0.1, 0.15) is 0 Å².